The van der Waals surface area contributed by atoms with Gasteiger partial charge >= 0.3 is 5.69 Å². The Morgan fingerprint density at radius 1 is 1.30 bits per heavy atom. The summed E-state index contributed by atoms with van der Waals surface area (Å²) in [6, 6.07) is 12.6. The van der Waals surface area contributed by atoms with Crippen LogP contribution in [0.3, 0.4) is 0 Å². The summed E-state index contributed by atoms with van der Waals surface area (Å²) in [4.78, 5) is 9.87. The molecule has 0 radical (unpaired) electrons. The predicted molar refractivity (Wildman–Crippen MR) is 71.5 cm³/mol. The summed E-state index contributed by atoms with van der Waals surface area (Å²) in [7, 11) is 0. The van der Waals surface area contributed by atoms with Crippen LogP contribution in [0.5, 0.6) is 0 Å². The lowest BCUT2D eigenvalue weighted by Crippen LogP contribution is -2.01. The van der Waals surface area contributed by atoms with E-state index in [0.717, 1.165) is 17.7 Å². The minimum absolute atomic E-state index is 0.387. The molecule has 100 valence electrons. The van der Waals surface area contributed by atoms with E-state index < -0.39 is 16.4 Å². The van der Waals surface area contributed by atoms with E-state index in [9.17, 15) is 14.5 Å². The molecule has 0 spiro atoms. The molecule has 2 rings (SSSR count). The van der Waals surface area contributed by atoms with Gasteiger partial charge in [-0.25, -0.2) is 0 Å². The van der Waals surface area contributed by atoms with Gasteiger partial charge in [-0.15, -0.1) is 0 Å². The molecular weight excluding hydrogens is 261 g/mol. The Morgan fingerprint density at radius 2 is 2.10 bits per heavy atom. The average Bonchev–Trinajstić information content (AvgIpc) is 2.46. The maximum absolute atomic E-state index is 13.2. The minimum atomic E-state index is -0.868. The van der Waals surface area contributed by atoms with Gasteiger partial charge in [0.1, 0.15) is 0 Å². The highest BCUT2D eigenvalue weighted by Crippen LogP contribution is 2.22. The number of rotatable bonds is 4. The number of nitrogens with zero attached hydrogens (tertiary/aromatic N) is 2. The minimum Gasteiger partial charge on any atom is -0.381 e. The van der Waals surface area contributed by atoms with Gasteiger partial charge in [0.25, 0.3) is 0 Å². The van der Waals surface area contributed by atoms with E-state index >= 15 is 0 Å². The molecule has 0 saturated heterocycles. The monoisotopic (exact) mass is 271 g/mol. The van der Waals surface area contributed by atoms with Crippen molar-refractivity contribution in [3.8, 4) is 6.07 Å². The maximum atomic E-state index is 13.2. The molecule has 0 atom stereocenters. The number of halogens is 1. The van der Waals surface area contributed by atoms with Gasteiger partial charge in [0.15, 0.2) is 0 Å². The lowest BCUT2D eigenvalue weighted by Gasteiger charge is -2.07. The zero-order chi connectivity index (χ0) is 14.5. The molecule has 0 aliphatic carbocycles. The smallest absolute Gasteiger partial charge is 0.306 e. The Bertz CT molecular complexity index is 695. The number of nitrogens with one attached hydrogen (secondary N) is 1. The van der Waals surface area contributed by atoms with E-state index in [1.54, 1.807) is 18.2 Å². The normalized spacial score (nSPS) is 9.80. The third-order valence-corrected chi connectivity index (χ3v) is 2.70. The molecule has 2 aromatic rings. The first kappa shape index (κ1) is 13.5. The van der Waals surface area contributed by atoms with E-state index in [4.69, 9.17) is 5.26 Å². The molecular formula is C14H10FN3O2. The Hall–Kier alpha value is -2.94. The highest BCUT2D eigenvalue weighted by Gasteiger charge is 2.13. The Kier molecular flexibility index (Phi) is 3.91. The van der Waals surface area contributed by atoms with Gasteiger partial charge < -0.3 is 5.32 Å². The third kappa shape index (κ3) is 3.09. The van der Waals surface area contributed by atoms with Gasteiger partial charge in [0.2, 0.25) is 5.82 Å². The van der Waals surface area contributed by atoms with Gasteiger partial charge in [-0.05, 0) is 29.8 Å². The first-order chi connectivity index (χ1) is 9.60. The maximum Gasteiger partial charge on any atom is 0.306 e. The van der Waals surface area contributed by atoms with E-state index in [-0.39, 0.29) is 0 Å². The highest BCUT2D eigenvalue weighted by molar-refractivity contribution is 5.52. The van der Waals surface area contributed by atoms with Gasteiger partial charge in [-0.2, -0.15) is 9.65 Å². The topological polar surface area (TPSA) is 79.0 Å². The summed E-state index contributed by atoms with van der Waals surface area (Å²) in [5.41, 5.74) is 1.27. The summed E-state index contributed by atoms with van der Waals surface area (Å²) in [6.45, 7) is 0.387. The average molecular weight is 271 g/mol. The van der Waals surface area contributed by atoms with Crippen molar-refractivity contribution in [2.45, 2.75) is 6.54 Å². The second-order valence-corrected chi connectivity index (χ2v) is 4.09. The zero-order valence-electron chi connectivity index (χ0n) is 10.3. The van der Waals surface area contributed by atoms with Crippen molar-refractivity contribution in [3.63, 3.8) is 0 Å². The Morgan fingerprint density at radius 3 is 2.80 bits per heavy atom. The summed E-state index contributed by atoms with van der Waals surface area (Å²) in [6.07, 6.45) is 0. The molecule has 5 nitrogen and oxygen atoms in total. The molecule has 0 unspecified atom stereocenters. The largest absolute Gasteiger partial charge is 0.381 e. The molecule has 0 aliphatic heterocycles. The van der Waals surface area contributed by atoms with Gasteiger partial charge in [0.05, 0.1) is 16.6 Å². The second kappa shape index (κ2) is 5.80. The van der Waals surface area contributed by atoms with E-state index in [2.05, 4.69) is 5.32 Å². The fourth-order valence-electron chi connectivity index (χ4n) is 1.72. The molecule has 20 heavy (non-hydrogen) atoms. The molecule has 1 N–H and O–H groups in total. The molecule has 0 heterocycles. The fraction of sp³-hybridized carbons (Fsp3) is 0.0714. The van der Waals surface area contributed by atoms with Crippen LogP contribution in [0.15, 0.2) is 42.5 Å². The van der Waals surface area contributed by atoms with E-state index in [1.165, 1.54) is 6.07 Å². The van der Waals surface area contributed by atoms with Crippen molar-refractivity contribution in [2.24, 2.45) is 0 Å². The van der Waals surface area contributed by atoms with E-state index in [0.29, 0.717) is 17.8 Å². The van der Waals surface area contributed by atoms with Gasteiger partial charge in [0, 0.05) is 18.3 Å². The molecule has 0 saturated carbocycles. The standard InChI is InChI=1S/C14H10FN3O2/c15-13-5-4-12(7-14(13)18(19)20)17-9-11-3-1-2-10(6-11)8-16/h1-7,17H,9H2. The van der Waals surface area contributed by atoms with Crippen molar-refractivity contribution in [1.82, 2.24) is 0 Å². The van der Waals surface area contributed by atoms with Crippen LogP contribution < -0.4 is 5.32 Å². The van der Waals surface area contributed by atoms with Crippen LogP contribution in [0, 0.1) is 27.3 Å². The van der Waals surface area contributed by atoms with Crippen molar-refractivity contribution >= 4 is 11.4 Å². The van der Waals surface area contributed by atoms with Crippen LogP contribution in [-0.2, 0) is 6.54 Å². The van der Waals surface area contributed by atoms with Crippen LogP contribution in [0.2, 0.25) is 0 Å². The lowest BCUT2D eigenvalue weighted by atomic mass is 10.1. The number of nitriles is 1. The summed E-state index contributed by atoms with van der Waals surface area (Å²) in [5, 5.41) is 22.4. The quantitative estimate of drug-likeness (QED) is 0.684. The Balaban J connectivity index is 2.13. The van der Waals surface area contributed by atoms with Gasteiger partial charge in [-0.1, -0.05) is 12.1 Å². The van der Waals surface area contributed by atoms with Crippen LogP contribution in [0.25, 0.3) is 0 Å². The second-order valence-electron chi connectivity index (χ2n) is 4.09. The molecule has 0 aromatic heterocycles. The van der Waals surface area contributed by atoms with Crippen LogP contribution >= 0.6 is 0 Å². The highest BCUT2D eigenvalue weighted by atomic mass is 19.1. The predicted octanol–water partition coefficient (Wildman–Crippen LogP) is 3.22. The van der Waals surface area contributed by atoms with Crippen LogP contribution in [0.1, 0.15) is 11.1 Å². The molecule has 6 heteroatoms. The molecule has 0 amide bonds. The molecule has 0 aliphatic rings. The summed E-state index contributed by atoms with van der Waals surface area (Å²) < 4.78 is 13.2. The zero-order valence-corrected chi connectivity index (χ0v) is 10.3. The number of anilines is 1. The lowest BCUT2D eigenvalue weighted by molar-refractivity contribution is -0.387. The molecule has 2 aromatic carbocycles. The van der Waals surface area contributed by atoms with Crippen molar-refractivity contribution < 1.29 is 9.31 Å². The van der Waals surface area contributed by atoms with Crippen LogP contribution in [0.4, 0.5) is 15.8 Å². The van der Waals surface area contributed by atoms with Crippen molar-refractivity contribution in [1.29, 1.82) is 5.26 Å². The summed E-state index contributed by atoms with van der Waals surface area (Å²) >= 11 is 0. The Labute approximate surface area is 114 Å². The summed E-state index contributed by atoms with van der Waals surface area (Å²) in [5.74, 6) is -0.868. The number of nitro benzene ring substituents is 1. The van der Waals surface area contributed by atoms with Crippen molar-refractivity contribution in [2.75, 3.05) is 5.32 Å². The third-order valence-electron chi connectivity index (χ3n) is 2.70. The first-order valence-electron chi connectivity index (χ1n) is 5.77. The number of benzene rings is 2. The van der Waals surface area contributed by atoms with E-state index in [1.807, 2.05) is 12.1 Å². The molecule has 0 bridgehead atoms. The van der Waals surface area contributed by atoms with Crippen molar-refractivity contribution in [3.05, 3.63) is 69.5 Å². The van der Waals surface area contributed by atoms with Gasteiger partial charge in [-0.3, -0.25) is 10.1 Å². The number of nitro groups is 1. The SMILES string of the molecule is N#Cc1cccc(CNc2ccc(F)c([N+](=O)[O-])c2)c1. The molecule has 0 fully saturated rings. The number of hydrogen-bond acceptors (Lipinski definition) is 4. The van der Waals surface area contributed by atoms with Crippen LogP contribution in [-0.4, -0.2) is 4.92 Å². The first-order valence-corrected chi connectivity index (χ1v) is 5.77. The fourth-order valence-corrected chi connectivity index (χ4v) is 1.72. The number of hydrogen-bond donors (Lipinski definition) is 1.